The third kappa shape index (κ3) is 4.80. The number of amides is 3. The predicted molar refractivity (Wildman–Crippen MR) is 102 cm³/mol. The van der Waals surface area contributed by atoms with Crippen molar-refractivity contribution in [3.63, 3.8) is 0 Å². The third-order valence-electron chi connectivity index (χ3n) is 5.47. The molecule has 1 aromatic heterocycles. The summed E-state index contributed by atoms with van der Waals surface area (Å²) in [6.07, 6.45) is 4.58. The van der Waals surface area contributed by atoms with E-state index in [0.717, 1.165) is 26.1 Å². The molecule has 2 fully saturated rings. The highest BCUT2D eigenvalue weighted by Crippen LogP contribution is 2.20. The van der Waals surface area contributed by atoms with Crippen LogP contribution in [0.25, 0.3) is 0 Å². The SMILES string of the molecule is Cc1cc(C(=O)N2CCC(N(CCN3CCCCC3)C(=O)N(C)C)C2)no1. The van der Waals surface area contributed by atoms with Crippen LogP contribution in [0.15, 0.2) is 10.6 Å². The monoisotopic (exact) mass is 377 g/mol. The van der Waals surface area contributed by atoms with Crippen molar-refractivity contribution in [1.29, 1.82) is 0 Å². The smallest absolute Gasteiger partial charge is 0.319 e. The fraction of sp³-hybridized carbons (Fsp3) is 0.737. The van der Waals surface area contributed by atoms with Gasteiger partial charge in [-0.3, -0.25) is 4.79 Å². The van der Waals surface area contributed by atoms with Crippen molar-refractivity contribution in [1.82, 2.24) is 24.8 Å². The first-order valence-corrected chi connectivity index (χ1v) is 9.88. The maximum absolute atomic E-state index is 12.8. The van der Waals surface area contributed by atoms with Crippen LogP contribution in [0.2, 0.25) is 0 Å². The van der Waals surface area contributed by atoms with E-state index in [1.54, 1.807) is 36.9 Å². The Balaban J connectivity index is 1.62. The number of rotatable bonds is 5. The van der Waals surface area contributed by atoms with Gasteiger partial charge in [0.05, 0.1) is 6.04 Å². The molecule has 0 spiro atoms. The first-order chi connectivity index (χ1) is 13.0. The van der Waals surface area contributed by atoms with Crippen molar-refractivity contribution >= 4 is 11.9 Å². The van der Waals surface area contributed by atoms with Gasteiger partial charge in [0, 0.05) is 46.3 Å². The molecule has 2 saturated heterocycles. The molecule has 150 valence electrons. The number of carbonyl (C=O) groups is 2. The normalized spacial score (nSPS) is 20.7. The predicted octanol–water partition coefficient (Wildman–Crippen LogP) is 1.67. The van der Waals surface area contributed by atoms with Crippen molar-refractivity contribution < 1.29 is 14.1 Å². The number of nitrogens with zero attached hydrogens (tertiary/aromatic N) is 5. The standard InChI is InChI=1S/C19H31N5O3/c1-15-13-17(20-27-15)18(25)23-10-7-16(14-23)24(19(26)21(2)3)12-11-22-8-5-4-6-9-22/h13,16H,4-12,14H2,1-3H3. The van der Waals surface area contributed by atoms with Gasteiger partial charge in [-0.05, 0) is 39.3 Å². The quantitative estimate of drug-likeness (QED) is 0.780. The average Bonchev–Trinajstić information content (AvgIpc) is 3.31. The zero-order valence-electron chi connectivity index (χ0n) is 16.7. The van der Waals surface area contributed by atoms with E-state index in [1.807, 2.05) is 4.90 Å². The van der Waals surface area contributed by atoms with Crippen molar-refractivity contribution in [3.05, 3.63) is 17.5 Å². The summed E-state index contributed by atoms with van der Waals surface area (Å²) in [5.41, 5.74) is 0.340. The van der Waals surface area contributed by atoms with E-state index in [0.29, 0.717) is 31.1 Å². The molecule has 2 aliphatic rings. The van der Waals surface area contributed by atoms with E-state index in [4.69, 9.17) is 4.52 Å². The number of hydrogen-bond acceptors (Lipinski definition) is 5. The molecule has 1 unspecified atom stereocenters. The molecule has 0 radical (unpaired) electrons. The lowest BCUT2D eigenvalue weighted by Gasteiger charge is -2.34. The zero-order valence-corrected chi connectivity index (χ0v) is 16.7. The summed E-state index contributed by atoms with van der Waals surface area (Å²) < 4.78 is 5.02. The van der Waals surface area contributed by atoms with Crippen LogP contribution >= 0.6 is 0 Å². The van der Waals surface area contributed by atoms with Gasteiger partial charge in [-0.2, -0.15) is 0 Å². The lowest BCUT2D eigenvalue weighted by atomic mass is 10.1. The van der Waals surface area contributed by atoms with E-state index in [2.05, 4.69) is 10.1 Å². The summed E-state index contributed by atoms with van der Waals surface area (Å²) in [6, 6.07) is 1.72. The molecule has 1 atom stereocenters. The Morgan fingerprint density at radius 2 is 1.96 bits per heavy atom. The minimum Gasteiger partial charge on any atom is -0.361 e. The van der Waals surface area contributed by atoms with Gasteiger partial charge in [0.2, 0.25) is 0 Å². The number of piperidine rings is 1. The minimum absolute atomic E-state index is 0.0172. The zero-order chi connectivity index (χ0) is 19.4. The van der Waals surface area contributed by atoms with E-state index >= 15 is 0 Å². The van der Waals surface area contributed by atoms with Crippen molar-refractivity contribution in [2.45, 2.75) is 38.6 Å². The highest BCUT2D eigenvalue weighted by molar-refractivity contribution is 5.92. The Bertz CT molecular complexity index is 654. The lowest BCUT2D eigenvalue weighted by molar-refractivity contribution is 0.0763. The molecule has 0 aromatic carbocycles. The maximum Gasteiger partial charge on any atom is 0.319 e. The Kier molecular flexibility index (Phi) is 6.36. The number of aryl methyl sites for hydroxylation is 1. The topological polar surface area (TPSA) is 73.1 Å². The Morgan fingerprint density at radius 3 is 2.59 bits per heavy atom. The van der Waals surface area contributed by atoms with Crippen LogP contribution in [0.5, 0.6) is 0 Å². The summed E-state index contributed by atoms with van der Waals surface area (Å²) in [4.78, 5) is 33.2. The van der Waals surface area contributed by atoms with E-state index < -0.39 is 0 Å². The summed E-state index contributed by atoms with van der Waals surface area (Å²) in [5, 5.41) is 3.83. The molecular formula is C19H31N5O3. The molecule has 2 aliphatic heterocycles. The summed E-state index contributed by atoms with van der Waals surface area (Å²) >= 11 is 0. The summed E-state index contributed by atoms with van der Waals surface area (Å²) in [5.74, 6) is 0.502. The van der Waals surface area contributed by atoms with Gasteiger partial charge in [-0.15, -0.1) is 0 Å². The molecule has 0 saturated carbocycles. The van der Waals surface area contributed by atoms with Gasteiger partial charge in [0.15, 0.2) is 5.69 Å². The molecule has 1 aromatic rings. The maximum atomic E-state index is 12.8. The van der Waals surface area contributed by atoms with E-state index in [-0.39, 0.29) is 18.0 Å². The number of urea groups is 1. The van der Waals surface area contributed by atoms with Gasteiger partial charge in [-0.1, -0.05) is 11.6 Å². The average molecular weight is 377 g/mol. The molecule has 8 heteroatoms. The fourth-order valence-electron chi connectivity index (χ4n) is 3.93. The van der Waals surface area contributed by atoms with Crippen LogP contribution in [-0.2, 0) is 0 Å². The lowest BCUT2D eigenvalue weighted by Crippen LogP contribution is -2.50. The number of aromatic nitrogens is 1. The number of likely N-dealkylation sites (tertiary alicyclic amines) is 2. The van der Waals surface area contributed by atoms with Crippen LogP contribution in [0.1, 0.15) is 41.9 Å². The van der Waals surface area contributed by atoms with Crippen LogP contribution in [0.3, 0.4) is 0 Å². The van der Waals surface area contributed by atoms with E-state index in [1.165, 1.54) is 19.3 Å². The van der Waals surface area contributed by atoms with Crippen molar-refractivity contribution in [2.75, 3.05) is 53.4 Å². The van der Waals surface area contributed by atoms with Gasteiger partial charge >= 0.3 is 6.03 Å². The second kappa shape index (κ2) is 8.73. The molecule has 8 nitrogen and oxygen atoms in total. The van der Waals surface area contributed by atoms with Gasteiger partial charge < -0.3 is 24.1 Å². The van der Waals surface area contributed by atoms with Crippen LogP contribution in [-0.4, -0.2) is 96.1 Å². The minimum atomic E-state index is -0.123. The second-order valence-corrected chi connectivity index (χ2v) is 7.79. The highest BCUT2D eigenvalue weighted by Gasteiger charge is 2.34. The van der Waals surface area contributed by atoms with Gasteiger partial charge in [0.25, 0.3) is 5.91 Å². The Morgan fingerprint density at radius 1 is 1.22 bits per heavy atom. The van der Waals surface area contributed by atoms with Crippen LogP contribution < -0.4 is 0 Å². The first kappa shape index (κ1) is 19.7. The largest absolute Gasteiger partial charge is 0.361 e. The summed E-state index contributed by atoms with van der Waals surface area (Å²) in [6.45, 7) is 6.78. The molecular weight excluding hydrogens is 346 g/mol. The van der Waals surface area contributed by atoms with Crippen molar-refractivity contribution in [2.24, 2.45) is 0 Å². The molecule has 0 bridgehead atoms. The molecule has 3 heterocycles. The second-order valence-electron chi connectivity index (χ2n) is 7.79. The molecule has 3 rings (SSSR count). The van der Waals surface area contributed by atoms with Crippen molar-refractivity contribution in [3.8, 4) is 0 Å². The highest BCUT2D eigenvalue weighted by atomic mass is 16.5. The van der Waals surface area contributed by atoms with Gasteiger partial charge in [-0.25, -0.2) is 4.79 Å². The van der Waals surface area contributed by atoms with E-state index in [9.17, 15) is 9.59 Å². The number of hydrogen-bond donors (Lipinski definition) is 0. The molecule has 3 amide bonds. The summed E-state index contributed by atoms with van der Waals surface area (Å²) in [7, 11) is 3.57. The fourth-order valence-corrected chi connectivity index (χ4v) is 3.93. The Labute approximate surface area is 161 Å². The molecule has 0 N–H and O–H groups in total. The molecule has 0 aliphatic carbocycles. The third-order valence-corrected chi connectivity index (χ3v) is 5.47. The van der Waals surface area contributed by atoms with Crippen LogP contribution in [0.4, 0.5) is 4.79 Å². The van der Waals surface area contributed by atoms with Crippen LogP contribution in [0, 0.1) is 6.92 Å². The Hall–Kier alpha value is -2.09. The molecule has 27 heavy (non-hydrogen) atoms. The first-order valence-electron chi connectivity index (χ1n) is 9.88. The van der Waals surface area contributed by atoms with Gasteiger partial charge in [0.1, 0.15) is 5.76 Å². The number of carbonyl (C=O) groups excluding carboxylic acids is 2.